The van der Waals surface area contributed by atoms with E-state index in [0.717, 1.165) is 16.1 Å². The largest absolute Gasteiger partial charge is 0.482 e. The van der Waals surface area contributed by atoms with E-state index in [1.165, 1.54) is 11.3 Å². The fourth-order valence-electron chi connectivity index (χ4n) is 2.20. The molecule has 0 saturated carbocycles. The molecule has 7 heteroatoms. The molecule has 1 aromatic heterocycles. The number of nitrogens with one attached hydrogen (secondary N) is 1. The van der Waals surface area contributed by atoms with Crippen LogP contribution in [0.1, 0.15) is 4.88 Å². The van der Waals surface area contributed by atoms with Gasteiger partial charge >= 0.3 is 0 Å². The SMILES string of the molecule is Cc1sc(NC(=O)COc2ccc(Cl)cc2Cl)nc1-c1ccccc1. The number of halogens is 2. The van der Waals surface area contributed by atoms with Crippen LogP contribution in [-0.2, 0) is 4.79 Å². The first-order valence-corrected chi connectivity index (χ1v) is 9.01. The van der Waals surface area contributed by atoms with Crippen molar-refractivity contribution in [3.63, 3.8) is 0 Å². The van der Waals surface area contributed by atoms with Crippen LogP contribution in [0.3, 0.4) is 0 Å². The summed E-state index contributed by atoms with van der Waals surface area (Å²) in [6, 6.07) is 14.7. The molecule has 1 heterocycles. The van der Waals surface area contributed by atoms with E-state index < -0.39 is 0 Å². The van der Waals surface area contributed by atoms with Gasteiger partial charge in [-0.15, -0.1) is 11.3 Å². The lowest BCUT2D eigenvalue weighted by Gasteiger charge is -2.07. The summed E-state index contributed by atoms with van der Waals surface area (Å²) >= 11 is 13.3. The second-order valence-electron chi connectivity index (χ2n) is 5.20. The van der Waals surface area contributed by atoms with Gasteiger partial charge in [-0.3, -0.25) is 10.1 Å². The Morgan fingerprint density at radius 2 is 1.96 bits per heavy atom. The van der Waals surface area contributed by atoms with E-state index in [9.17, 15) is 4.79 Å². The van der Waals surface area contributed by atoms with E-state index in [0.29, 0.717) is 20.9 Å². The number of hydrogen-bond acceptors (Lipinski definition) is 4. The summed E-state index contributed by atoms with van der Waals surface area (Å²) in [5, 5.41) is 4.15. The molecule has 0 atom stereocenters. The van der Waals surface area contributed by atoms with Gasteiger partial charge in [0.25, 0.3) is 5.91 Å². The summed E-state index contributed by atoms with van der Waals surface area (Å²) < 4.78 is 5.42. The molecule has 3 aromatic rings. The first kappa shape index (κ1) is 17.7. The zero-order chi connectivity index (χ0) is 17.8. The first-order valence-electron chi connectivity index (χ1n) is 7.43. The molecule has 0 radical (unpaired) electrons. The minimum atomic E-state index is -0.306. The fraction of sp³-hybridized carbons (Fsp3) is 0.111. The summed E-state index contributed by atoms with van der Waals surface area (Å²) in [5.41, 5.74) is 1.88. The second-order valence-corrected chi connectivity index (χ2v) is 7.25. The fourth-order valence-corrected chi connectivity index (χ4v) is 3.52. The number of anilines is 1. The molecular weight excluding hydrogens is 379 g/mol. The maximum Gasteiger partial charge on any atom is 0.264 e. The molecule has 0 spiro atoms. The molecule has 0 fully saturated rings. The summed E-state index contributed by atoms with van der Waals surface area (Å²) in [6.45, 7) is 1.81. The van der Waals surface area contributed by atoms with Crippen molar-refractivity contribution < 1.29 is 9.53 Å². The lowest BCUT2D eigenvalue weighted by molar-refractivity contribution is -0.118. The number of aryl methyl sites for hydroxylation is 1. The van der Waals surface area contributed by atoms with Crippen molar-refractivity contribution in [2.75, 3.05) is 11.9 Å². The van der Waals surface area contributed by atoms with Gasteiger partial charge in [-0.2, -0.15) is 0 Å². The lowest BCUT2D eigenvalue weighted by Crippen LogP contribution is -2.20. The standard InChI is InChI=1S/C18H14Cl2N2O2S/c1-11-17(12-5-3-2-4-6-12)22-18(25-11)21-16(23)10-24-15-8-7-13(19)9-14(15)20/h2-9H,10H2,1H3,(H,21,22,23). The van der Waals surface area contributed by atoms with Crippen molar-refractivity contribution in [3.05, 3.63) is 63.5 Å². The summed E-state index contributed by atoms with van der Waals surface area (Å²) in [5.74, 6) is 0.0980. The smallest absolute Gasteiger partial charge is 0.264 e. The average Bonchev–Trinajstić information content (AvgIpc) is 2.95. The van der Waals surface area contributed by atoms with E-state index in [-0.39, 0.29) is 12.5 Å². The number of nitrogens with zero attached hydrogens (tertiary/aromatic N) is 1. The lowest BCUT2D eigenvalue weighted by atomic mass is 10.1. The molecular formula is C18H14Cl2N2O2S. The van der Waals surface area contributed by atoms with Crippen molar-refractivity contribution in [1.29, 1.82) is 0 Å². The van der Waals surface area contributed by atoms with E-state index in [4.69, 9.17) is 27.9 Å². The predicted molar refractivity (Wildman–Crippen MR) is 103 cm³/mol. The van der Waals surface area contributed by atoms with Gasteiger partial charge in [0, 0.05) is 15.5 Å². The highest BCUT2D eigenvalue weighted by Gasteiger charge is 2.13. The number of thiazole rings is 1. The quantitative estimate of drug-likeness (QED) is 0.628. The molecule has 0 aliphatic rings. The minimum Gasteiger partial charge on any atom is -0.482 e. The van der Waals surface area contributed by atoms with Crippen LogP contribution in [0.25, 0.3) is 11.3 Å². The third-order valence-corrected chi connectivity index (χ3v) is 4.76. The molecule has 0 aliphatic carbocycles. The Bertz CT molecular complexity index is 897. The molecule has 25 heavy (non-hydrogen) atoms. The van der Waals surface area contributed by atoms with E-state index >= 15 is 0 Å². The molecule has 3 rings (SSSR count). The number of amides is 1. The number of benzene rings is 2. The maximum atomic E-state index is 12.1. The minimum absolute atomic E-state index is 0.166. The first-order chi connectivity index (χ1) is 12.0. The predicted octanol–water partition coefficient (Wildman–Crippen LogP) is 5.44. The summed E-state index contributed by atoms with van der Waals surface area (Å²) in [6.07, 6.45) is 0. The van der Waals surface area contributed by atoms with Gasteiger partial charge in [0.15, 0.2) is 11.7 Å². The van der Waals surface area contributed by atoms with Crippen molar-refractivity contribution in [2.24, 2.45) is 0 Å². The number of hydrogen-bond donors (Lipinski definition) is 1. The number of rotatable bonds is 5. The van der Waals surface area contributed by atoms with E-state index in [2.05, 4.69) is 10.3 Å². The van der Waals surface area contributed by atoms with Gasteiger partial charge in [0.1, 0.15) is 5.75 Å². The molecule has 0 bridgehead atoms. The van der Waals surface area contributed by atoms with Crippen molar-refractivity contribution >= 4 is 45.6 Å². The van der Waals surface area contributed by atoms with Gasteiger partial charge in [0.2, 0.25) is 0 Å². The van der Waals surface area contributed by atoms with Crippen molar-refractivity contribution in [2.45, 2.75) is 6.92 Å². The van der Waals surface area contributed by atoms with Crippen LogP contribution in [0.5, 0.6) is 5.75 Å². The molecule has 4 nitrogen and oxygen atoms in total. The monoisotopic (exact) mass is 392 g/mol. The van der Waals surface area contributed by atoms with Crippen LogP contribution in [-0.4, -0.2) is 17.5 Å². The Hall–Kier alpha value is -2.08. The third kappa shape index (κ3) is 4.51. The zero-order valence-electron chi connectivity index (χ0n) is 13.3. The molecule has 1 N–H and O–H groups in total. The molecule has 0 unspecified atom stereocenters. The molecule has 0 aliphatic heterocycles. The van der Waals surface area contributed by atoms with E-state index in [1.54, 1.807) is 18.2 Å². The Morgan fingerprint density at radius 3 is 2.68 bits per heavy atom. The maximum absolute atomic E-state index is 12.1. The van der Waals surface area contributed by atoms with Gasteiger partial charge in [-0.05, 0) is 25.1 Å². The van der Waals surface area contributed by atoms with Crippen molar-refractivity contribution in [1.82, 2.24) is 4.98 Å². The summed E-state index contributed by atoms with van der Waals surface area (Å²) in [7, 11) is 0. The molecule has 0 saturated heterocycles. The normalized spacial score (nSPS) is 10.5. The third-order valence-electron chi connectivity index (χ3n) is 3.34. The zero-order valence-corrected chi connectivity index (χ0v) is 15.6. The Morgan fingerprint density at radius 1 is 1.20 bits per heavy atom. The van der Waals surface area contributed by atoms with Crippen LogP contribution in [0.4, 0.5) is 5.13 Å². The number of aromatic nitrogens is 1. The Balaban J connectivity index is 1.63. The Kier molecular flexibility index (Phi) is 5.58. The van der Waals surface area contributed by atoms with Crippen LogP contribution in [0.15, 0.2) is 48.5 Å². The number of ether oxygens (including phenoxy) is 1. The number of carbonyl (C=O) groups excluding carboxylic acids is 1. The van der Waals surface area contributed by atoms with Gasteiger partial charge in [-0.25, -0.2) is 4.98 Å². The average molecular weight is 393 g/mol. The van der Waals surface area contributed by atoms with Crippen LogP contribution in [0, 0.1) is 6.92 Å². The van der Waals surface area contributed by atoms with Crippen LogP contribution >= 0.6 is 34.5 Å². The highest BCUT2D eigenvalue weighted by atomic mass is 35.5. The highest BCUT2D eigenvalue weighted by molar-refractivity contribution is 7.16. The van der Waals surface area contributed by atoms with Gasteiger partial charge < -0.3 is 4.74 Å². The molecule has 128 valence electrons. The second kappa shape index (κ2) is 7.87. The summed E-state index contributed by atoms with van der Waals surface area (Å²) in [4.78, 5) is 17.6. The Labute approximate surface area is 159 Å². The van der Waals surface area contributed by atoms with E-state index in [1.807, 2.05) is 37.3 Å². The van der Waals surface area contributed by atoms with Crippen LogP contribution in [0.2, 0.25) is 10.0 Å². The van der Waals surface area contributed by atoms with Crippen LogP contribution < -0.4 is 10.1 Å². The molecule has 1 amide bonds. The number of carbonyl (C=O) groups is 1. The highest BCUT2D eigenvalue weighted by Crippen LogP contribution is 2.30. The topological polar surface area (TPSA) is 51.2 Å². The van der Waals surface area contributed by atoms with Gasteiger partial charge in [0.05, 0.1) is 10.7 Å². The van der Waals surface area contributed by atoms with Crippen molar-refractivity contribution in [3.8, 4) is 17.0 Å². The molecule has 2 aromatic carbocycles. The van der Waals surface area contributed by atoms with Gasteiger partial charge in [-0.1, -0.05) is 53.5 Å².